The van der Waals surface area contributed by atoms with Crippen molar-refractivity contribution in [2.75, 3.05) is 50.7 Å². The minimum atomic E-state index is 1.03. The molecule has 1 saturated heterocycles. The second kappa shape index (κ2) is 7.48. The molecule has 1 fully saturated rings. The number of benzene rings is 2. The molecule has 2 aromatic rings. The molecule has 0 unspecified atom stereocenters. The van der Waals surface area contributed by atoms with Crippen LogP contribution in [0.5, 0.6) is 0 Å². The largest absolute Gasteiger partial charge is 0.340 e. The van der Waals surface area contributed by atoms with E-state index < -0.39 is 0 Å². The van der Waals surface area contributed by atoms with Gasteiger partial charge in [-0.3, -0.25) is 4.90 Å². The van der Waals surface area contributed by atoms with Crippen molar-refractivity contribution >= 4 is 27.3 Å². The van der Waals surface area contributed by atoms with E-state index in [9.17, 15) is 0 Å². The molecule has 0 N–H and O–H groups in total. The van der Waals surface area contributed by atoms with E-state index in [1.165, 1.54) is 55.2 Å². The molecule has 4 heteroatoms. The molecule has 2 heterocycles. The minimum absolute atomic E-state index is 1.03. The van der Waals surface area contributed by atoms with Gasteiger partial charge in [0.15, 0.2) is 0 Å². The summed E-state index contributed by atoms with van der Waals surface area (Å²) in [7, 11) is 0. The van der Waals surface area contributed by atoms with Crippen molar-refractivity contribution in [1.29, 1.82) is 0 Å². The van der Waals surface area contributed by atoms with Gasteiger partial charge < -0.3 is 9.80 Å². The van der Waals surface area contributed by atoms with E-state index in [4.69, 9.17) is 0 Å². The molecule has 2 aliphatic rings. The number of likely N-dealkylation sites (N-methyl/N-ethyl adjacent to an activating group) is 1. The zero-order valence-electron chi connectivity index (χ0n) is 14.9. The lowest BCUT2D eigenvalue weighted by Crippen LogP contribution is -2.48. The summed E-state index contributed by atoms with van der Waals surface area (Å²) in [5.41, 5.74) is 5.60. The van der Waals surface area contributed by atoms with Gasteiger partial charge in [-0.15, -0.1) is 0 Å². The topological polar surface area (TPSA) is 9.72 Å². The average molecular weight is 400 g/mol. The summed E-state index contributed by atoms with van der Waals surface area (Å²) in [6.07, 6.45) is 1.03. The Hall–Kier alpha value is -1.36. The Labute approximate surface area is 159 Å². The van der Waals surface area contributed by atoms with Crippen LogP contribution in [0, 0.1) is 0 Å². The Bertz CT molecular complexity index is 738. The molecule has 132 valence electrons. The molecule has 0 bridgehead atoms. The van der Waals surface area contributed by atoms with E-state index in [0.29, 0.717) is 0 Å². The van der Waals surface area contributed by atoms with E-state index in [1.54, 1.807) is 0 Å². The predicted octanol–water partition coefficient (Wildman–Crippen LogP) is 4.13. The normalized spacial score (nSPS) is 18.1. The zero-order valence-corrected chi connectivity index (χ0v) is 16.5. The average Bonchev–Trinajstić information content (AvgIpc) is 2.66. The molecule has 0 aliphatic carbocycles. The smallest absolute Gasteiger partial charge is 0.0458 e. The molecule has 25 heavy (non-hydrogen) atoms. The number of halogens is 1. The zero-order chi connectivity index (χ0) is 17.2. The van der Waals surface area contributed by atoms with Gasteiger partial charge in [-0.25, -0.2) is 0 Å². The minimum Gasteiger partial charge on any atom is -0.340 e. The second-order valence-corrected chi connectivity index (χ2v) is 7.92. The van der Waals surface area contributed by atoms with E-state index in [-0.39, 0.29) is 0 Å². The van der Waals surface area contributed by atoms with Crippen molar-refractivity contribution in [3.05, 3.63) is 58.1 Å². The van der Waals surface area contributed by atoms with Gasteiger partial charge in [0.2, 0.25) is 0 Å². The number of para-hydroxylation sites is 1. The van der Waals surface area contributed by atoms with Crippen LogP contribution in [0.3, 0.4) is 0 Å². The van der Waals surface area contributed by atoms with Gasteiger partial charge in [-0.1, -0.05) is 47.1 Å². The van der Waals surface area contributed by atoms with E-state index in [0.717, 1.165) is 24.0 Å². The summed E-state index contributed by atoms with van der Waals surface area (Å²) in [6.45, 7) is 10.4. The highest BCUT2D eigenvalue weighted by molar-refractivity contribution is 9.10. The van der Waals surface area contributed by atoms with Crippen LogP contribution in [0.4, 0.5) is 11.4 Å². The van der Waals surface area contributed by atoms with Gasteiger partial charge in [0, 0.05) is 61.5 Å². The summed E-state index contributed by atoms with van der Waals surface area (Å²) >= 11 is 3.66. The lowest BCUT2D eigenvalue weighted by Gasteiger charge is -2.38. The first-order valence-corrected chi connectivity index (χ1v) is 10.1. The standard InChI is InChI=1S/C21H26BrN3/c1-2-23-9-11-24(12-10-23)13-14-25-20-6-4-3-5-17(20)15-18-7-8-19(22)16-21(18)25/h3-8,16H,2,9-15H2,1H3. The van der Waals surface area contributed by atoms with Crippen LogP contribution < -0.4 is 4.90 Å². The van der Waals surface area contributed by atoms with Crippen LogP contribution in [-0.4, -0.2) is 55.6 Å². The summed E-state index contributed by atoms with van der Waals surface area (Å²) < 4.78 is 1.16. The molecule has 0 atom stereocenters. The first-order valence-electron chi connectivity index (χ1n) is 9.33. The predicted molar refractivity (Wildman–Crippen MR) is 109 cm³/mol. The van der Waals surface area contributed by atoms with Crippen molar-refractivity contribution < 1.29 is 0 Å². The van der Waals surface area contributed by atoms with Crippen LogP contribution in [-0.2, 0) is 6.42 Å². The first kappa shape index (κ1) is 17.1. The molecular formula is C21H26BrN3. The van der Waals surface area contributed by atoms with Crippen molar-refractivity contribution in [3.63, 3.8) is 0 Å². The summed E-state index contributed by atoms with van der Waals surface area (Å²) in [5.74, 6) is 0. The molecule has 0 radical (unpaired) electrons. The van der Waals surface area contributed by atoms with Gasteiger partial charge in [0.1, 0.15) is 0 Å². The fourth-order valence-corrected chi connectivity index (χ4v) is 4.36. The molecule has 3 nitrogen and oxygen atoms in total. The second-order valence-electron chi connectivity index (χ2n) is 7.01. The molecule has 0 spiro atoms. The van der Waals surface area contributed by atoms with E-state index in [2.05, 4.69) is 80.0 Å². The SMILES string of the molecule is CCN1CCN(CCN2c3ccccc3Cc3ccc(Br)cc32)CC1. The highest BCUT2D eigenvalue weighted by Crippen LogP contribution is 2.39. The first-order chi connectivity index (χ1) is 12.2. The number of fused-ring (bicyclic) bond motifs is 2. The summed E-state index contributed by atoms with van der Waals surface area (Å²) in [5, 5.41) is 0. The van der Waals surface area contributed by atoms with Gasteiger partial charge in [-0.05, 0) is 35.9 Å². The van der Waals surface area contributed by atoms with Gasteiger partial charge in [0.25, 0.3) is 0 Å². The van der Waals surface area contributed by atoms with Crippen molar-refractivity contribution in [2.45, 2.75) is 13.3 Å². The van der Waals surface area contributed by atoms with Crippen LogP contribution in [0.2, 0.25) is 0 Å². The van der Waals surface area contributed by atoms with Crippen molar-refractivity contribution in [1.82, 2.24) is 9.80 Å². The molecule has 4 rings (SSSR count). The number of rotatable bonds is 4. The molecule has 2 aliphatic heterocycles. The number of nitrogens with zero attached hydrogens (tertiary/aromatic N) is 3. The van der Waals surface area contributed by atoms with Crippen LogP contribution in [0.1, 0.15) is 18.1 Å². The number of anilines is 2. The highest BCUT2D eigenvalue weighted by Gasteiger charge is 2.23. The quantitative estimate of drug-likeness (QED) is 0.764. The Morgan fingerprint density at radius 1 is 0.840 bits per heavy atom. The molecule has 0 saturated carbocycles. The maximum atomic E-state index is 3.66. The van der Waals surface area contributed by atoms with Crippen molar-refractivity contribution in [3.8, 4) is 0 Å². The maximum absolute atomic E-state index is 3.66. The van der Waals surface area contributed by atoms with E-state index in [1.807, 2.05) is 0 Å². The molecule has 2 aromatic carbocycles. The number of hydrogen-bond acceptors (Lipinski definition) is 3. The lowest BCUT2D eigenvalue weighted by molar-refractivity contribution is 0.140. The fraction of sp³-hybridized carbons (Fsp3) is 0.429. The maximum Gasteiger partial charge on any atom is 0.0458 e. The van der Waals surface area contributed by atoms with Crippen LogP contribution >= 0.6 is 15.9 Å². The molecule has 0 amide bonds. The summed E-state index contributed by atoms with van der Waals surface area (Å²) in [6, 6.07) is 15.6. The molecule has 0 aromatic heterocycles. The number of piperazine rings is 1. The third-order valence-electron chi connectivity index (χ3n) is 5.55. The lowest BCUT2D eigenvalue weighted by atomic mass is 9.95. The molecular weight excluding hydrogens is 374 g/mol. The van der Waals surface area contributed by atoms with Gasteiger partial charge in [-0.2, -0.15) is 0 Å². The van der Waals surface area contributed by atoms with Crippen molar-refractivity contribution in [2.24, 2.45) is 0 Å². The van der Waals surface area contributed by atoms with Gasteiger partial charge >= 0.3 is 0 Å². The summed E-state index contributed by atoms with van der Waals surface area (Å²) in [4.78, 5) is 7.67. The van der Waals surface area contributed by atoms with Crippen LogP contribution in [0.25, 0.3) is 0 Å². The third kappa shape index (κ3) is 3.62. The van der Waals surface area contributed by atoms with Crippen LogP contribution in [0.15, 0.2) is 46.9 Å². The van der Waals surface area contributed by atoms with Gasteiger partial charge in [0.05, 0.1) is 0 Å². The third-order valence-corrected chi connectivity index (χ3v) is 6.05. The Morgan fingerprint density at radius 3 is 2.36 bits per heavy atom. The van der Waals surface area contributed by atoms with E-state index >= 15 is 0 Å². The fourth-order valence-electron chi connectivity index (χ4n) is 4.01. The Kier molecular flexibility index (Phi) is 5.11. The number of hydrogen-bond donors (Lipinski definition) is 0. The Morgan fingerprint density at radius 2 is 1.56 bits per heavy atom. The Balaban J connectivity index is 1.53. The highest BCUT2D eigenvalue weighted by atomic mass is 79.9. The monoisotopic (exact) mass is 399 g/mol.